The van der Waals surface area contributed by atoms with Crippen molar-refractivity contribution in [1.29, 1.82) is 0 Å². The first-order chi connectivity index (χ1) is 8.72. The van der Waals surface area contributed by atoms with E-state index in [2.05, 4.69) is 4.98 Å². The standard InChI is InChI=1S/C15H13FN2/c1-11-3-2-4-14(17-11)10-18-8-7-12-5-6-13(16)9-15(12)18/h2-9H,10H2,1H3. The molecule has 3 aromatic rings. The lowest BCUT2D eigenvalue weighted by Gasteiger charge is -2.05. The van der Waals surface area contributed by atoms with E-state index in [-0.39, 0.29) is 5.82 Å². The second-order valence-corrected chi connectivity index (χ2v) is 4.42. The summed E-state index contributed by atoms with van der Waals surface area (Å²) in [5, 5.41) is 1.05. The van der Waals surface area contributed by atoms with Gasteiger partial charge in [-0.1, -0.05) is 6.07 Å². The van der Waals surface area contributed by atoms with Crippen LogP contribution in [0.1, 0.15) is 11.4 Å². The minimum atomic E-state index is -0.209. The molecule has 0 fully saturated rings. The summed E-state index contributed by atoms with van der Waals surface area (Å²) >= 11 is 0. The van der Waals surface area contributed by atoms with Gasteiger partial charge in [-0.15, -0.1) is 0 Å². The van der Waals surface area contributed by atoms with Crippen LogP contribution in [0.2, 0.25) is 0 Å². The number of benzene rings is 1. The fourth-order valence-corrected chi connectivity index (χ4v) is 2.16. The Kier molecular flexibility index (Phi) is 2.59. The molecule has 90 valence electrons. The molecule has 0 saturated carbocycles. The molecule has 2 nitrogen and oxygen atoms in total. The highest BCUT2D eigenvalue weighted by molar-refractivity contribution is 5.80. The molecule has 0 aliphatic heterocycles. The third kappa shape index (κ3) is 1.99. The van der Waals surface area contributed by atoms with Crippen LogP contribution < -0.4 is 0 Å². The van der Waals surface area contributed by atoms with Gasteiger partial charge in [-0.3, -0.25) is 4.98 Å². The van der Waals surface area contributed by atoms with Gasteiger partial charge in [-0.05, 0) is 48.7 Å². The average Bonchev–Trinajstić information content (AvgIpc) is 2.72. The summed E-state index contributed by atoms with van der Waals surface area (Å²) in [6.45, 7) is 2.63. The number of aromatic nitrogens is 2. The summed E-state index contributed by atoms with van der Waals surface area (Å²) in [6, 6.07) is 12.8. The van der Waals surface area contributed by atoms with Gasteiger partial charge in [0.1, 0.15) is 5.82 Å². The number of fused-ring (bicyclic) bond motifs is 1. The maximum absolute atomic E-state index is 13.3. The van der Waals surface area contributed by atoms with Gasteiger partial charge in [0.25, 0.3) is 0 Å². The lowest BCUT2D eigenvalue weighted by molar-refractivity contribution is 0.628. The number of hydrogen-bond donors (Lipinski definition) is 0. The first-order valence-corrected chi connectivity index (χ1v) is 5.89. The van der Waals surface area contributed by atoms with Crippen LogP contribution in [0.5, 0.6) is 0 Å². The van der Waals surface area contributed by atoms with Gasteiger partial charge in [0.2, 0.25) is 0 Å². The van der Waals surface area contributed by atoms with E-state index in [1.807, 2.05) is 42.0 Å². The van der Waals surface area contributed by atoms with Crippen LogP contribution in [0.4, 0.5) is 4.39 Å². The highest BCUT2D eigenvalue weighted by atomic mass is 19.1. The summed E-state index contributed by atoms with van der Waals surface area (Å²) in [6.07, 6.45) is 1.97. The van der Waals surface area contributed by atoms with Gasteiger partial charge >= 0.3 is 0 Å². The molecule has 0 unspecified atom stereocenters. The molecule has 1 aromatic carbocycles. The van der Waals surface area contributed by atoms with Gasteiger partial charge in [0.05, 0.1) is 17.8 Å². The van der Waals surface area contributed by atoms with Crippen molar-refractivity contribution in [2.24, 2.45) is 0 Å². The van der Waals surface area contributed by atoms with E-state index >= 15 is 0 Å². The van der Waals surface area contributed by atoms with Crippen LogP contribution in [0.25, 0.3) is 10.9 Å². The molecule has 0 amide bonds. The lowest BCUT2D eigenvalue weighted by atomic mass is 10.2. The van der Waals surface area contributed by atoms with Gasteiger partial charge in [0.15, 0.2) is 0 Å². The van der Waals surface area contributed by atoms with Gasteiger partial charge in [0, 0.05) is 11.9 Å². The van der Waals surface area contributed by atoms with Crippen molar-refractivity contribution in [2.75, 3.05) is 0 Å². The predicted octanol–water partition coefficient (Wildman–Crippen LogP) is 3.53. The third-order valence-corrected chi connectivity index (χ3v) is 3.01. The molecule has 3 rings (SSSR count). The van der Waals surface area contributed by atoms with E-state index in [4.69, 9.17) is 0 Å². The zero-order chi connectivity index (χ0) is 12.5. The molecule has 0 atom stereocenters. The average molecular weight is 240 g/mol. The largest absolute Gasteiger partial charge is 0.341 e. The smallest absolute Gasteiger partial charge is 0.125 e. The number of hydrogen-bond acceptors (Lipinski definition) is 1. The summed E-state index contributed by atoms with van der Waals surface area (Å²) in [5.41, 5.74) is 2.88. The first-order valence-electron chi connectivity index (χ1n) is 5.89. The molecule has 0 spiro atoms. The van der Waals surface area contributed by atoms with E-state index in [9.17, 15) is 4.39 Å². The summed E-state index contributed by atoms with van der Waals surface area (Å²) in [7, 11) is 0. The molecule has 0 aliphatic rings. The number of nitrogens with zero attached hydrogens (tertiary/aromatic N) is 2. The number of halogens is 1. The van der Waals surface area contributed by atoms with Crippen molar-refractivity contribution < 1.29 is 4.39 Å². The van der Waals surface area contributed by atoms with Crippen LogP contribution in [-0.4, -0.2) is 9.55 Å². The molecule has 0 saturated heterocycles. The fourth-order valence-electron chi connectivity index (χ4n) is 2.16. The zero-order valence-corrected chi connectivity index (χ0v) is 10.1. The quantitative estimate of drug-likeness (QED) is 0.670. The van der Waals surface area contributed by atoms with Crippen LogP contribution in [0, 0.1) is 12.7 Å². The lowest BCUT2D eigenvalue weighted by Crippen LogP contribution is -2.01. The van der Waals surface area contributed by atoms with E-state index in [1.165, 1.54) is 6.07 Å². The molecule has 2 aromatic heterocycles. The Labute approximate surface area is 105 Å². The Morgan fingerprint density at radius 2 is 2.06 bits per heavy atom. The third-order valence-electron chi connectivity index (χ3n) is 3.01. The van der Waals surface area contributed by atoms with Crippen molar-refractivity contribution >= 4 is 10.9 Å². The summed E-state index contributed by atoms with van der Waals surface area (Å²) < 4.78 is 15.3. The second-order valence-electron chi connectivity index (χ2n) is 4.42. The molecular weight excluding hydrogens is 227 g/mol. The van der Waals surface area contributed by atoms with E-state index in [1.54, 1.807) is 12.1 Å². The predicted molar refractivity (Wildman–Crippen MR) is 70.0 cm³/mol. The maximum Gasteiger partial charge on any atom is 0.125 e. The van der Waals surface area contributed by atoms with E-state index in [0.717, 1.165) is 22.3 Å². The second kappa shape index (κ2) is 4.26. The highest BCUT2D eigenvalue weighted by Crippen LogP contribution is 2.18. The summed E-state index contributed by atoms with van der Waals surface area (Å²) in [4.78, 5) is 4.46. The van der Waals surface area contributed by atoms with Gasteiger partial charge in [-0.2, -0.15) is 0 Å². The minimum absolute atomic E-state index is 0.209. The van der Waals surface area contributed by atoms with Crippen molar-refractivity contribution in [3.63, 3.8) is 0 Å². The molecule has 3 heteroatoms. The fraction of sp³-hybridized carbons (Fsp3) is 0.133. The molecular formula is C15H13FN2. The van der Waals surface area contributed by atoms with E-state index < -0.39 is 0 Å². The van der Waals surface area contributed by atoms with E-state index in [0.29, 0.717) is 6.54 Å². The Morgan fingerprint density at radius 3 is 2.89 bits per heavy atom. The first kappa shape index (κ1) is 11.0. The summed E-state index contributed by atoms with van der Waals surface area (Å²) in [5.74, 6) is -0.209. The zero-order valence-electron chi connectivity index (χ0n) is 10.1. The van der Waals surface area contributed by atoms with Crippen molar-refractivity contribution in [3.05, 3.63) is 65.9 Å². The Hall–Kier alpha value is -2.16. The monoisotopic (exact) mass is 240 g/mol. The molecule has 0 radical (unpaired) electrons. The Balaban J connectivity index is 2.02. The number of rotatable bonds is 2. The SMILES string of the molecule is Cc1cccc(Cn2ccc3ccc(F)cc32)n1. The van der Waals surface area contributed by atoms with Crippen LogP contribution in [-0.2, 0) is 6.54 Å². The molecule has 0 bridgehead atoms. The van der Waals surface area contributed by atoms with Crippen molar-refractivity contribution in [3.8, 4) is 0 Å². The number of aryl methyl sites for hydroxylation is 1. The van der Waals surface area contributed by atoms with Crippen LogP contribution in [0.3, 0.4) is 0 Å². The molecule has 18 heavy (non-hydrogen) atoms. The van der Waals surface area contributed by atoms with Crippen molar-refractivity contribution in [2.45, 2.75) is 13.5 Å². The van der Waals surface area contributed by atoms with Crippen molar-refractivity contribution in [1.82, 2.24) is 9.55 Å². The minimum Gasteiger partial charge on any atom is -0.341 e. The van der Waals surface area contributed by atoms with Crippen LogP contribution >= 0.6 is 0 Å². The normalized spacial score (nSPS) is 11.0. The number of pyridine rings is 1. The Bertz CT molecular complexity index is 701. The Morgan fingerprint density at radius 1 is 1.17 bits per heavy atom. The maximum atomic E-state index is 13.3. The van der Waals surface area contributed by atoms with Gasteiger partial charge < -0.3 is 4.57 Å². The molecule has 0 N–H and O–H groups in total. The topological polar surface area (TPSA) is 17.8 Å². The molecule has 0 aliphatic carbocycles. The van der Waals surface area contributed by atoms with Crippen LogP contribution in [0.15, 0.2) is 48.7 Å². The molecule has 2 heterocycles. The van der Waals surface area contributed by atoms with Gasteiger partial charge in [-0.25, -0.2) is 4.39 Å². The highest BCUT2D eigenvalue weighted by Gasteiger charge is 2.04.